The molecule has 0 aliphatic heterocycles. The molecule has 5 heteroatoms. The Hall–Kier alpha value is -8.67. The molecule has 1 atom stereocenters. The van der Waals surface area contributed by atoms with Crippen LogP contribution in [-0.2, 0) is 5.54 Å². The van der Waals surface area contributed by atoms with E-state index in [-0.39, 0.29) is 0 Å². The number of furan rings is 1. The van der Waals surface area contributed by atoms with Crippen LogP contribution in [0.5, 0.6) is 0 Å². The molecule has 0 N–H and O–H groups in total. The predicted octanol–water partition coefficient (Wildman–Crippen LogP) is 16.2. The number of para-hydroxylation sites is 2. The van der Waals surface area contributed by atoms with Crippen LogP contribution in [0.4, 0.5) is 0 Å². The summed E-state index contributed by atoms with van der Waals surface area (Å²) >= 11 is 0. The summed E-state index contributed by atoms with van der Waals surface area (Å²) in [5, 5.41) is 4.44. The Labute approximate surface area is 390 Å². The first-order valence-electron chi connectivity index (χ1n) is 22.7. The standard InChI is InChI=1S/C62H46N4O/c1-4-6-37-62(3,66-54-33-21-19-31-50(54)51-35-36-56-57(58(51)66)52-32-20-22-34-55(52)67-56)53(45-27-15-9-16-28-45)41-42(5-2)59-63-60(46-29-17-10-18-30-46)65-61(64-59)49-39-47(43-23-11-7-12-24-43)38-48(40-49)44-25-13-8-14-26-44/h4-41H,1H2,2-3H3/b37-6-,42-5+,53-41-. The van der Waals surface area contributed by atoms with Crippen molar-refractivity contribution >= 4 is 54.9 Å². The first kappa shape index (κ1) is 41.1. The zero-order chi connectivity index (χ0) is 45.3. The minimum atomic E-state index is -0.815. The van der Waals surface area contributed by atoms with Gasteiger partial charge in [-0.25, -0.2) is 15.0 Å². The van der Waals surface area contributed by atoms with Gasteiger partial charge in [0, 0.05) is 32.9 Å². The lowest BCUT2D eigenvalue weighted by atomic mass is 9.83. The SMILES string of the molecule is C=C/C=C\C(C)(/C(=C\C(=C/C)c1nc(-c2ccccc2)nc(-c2cc(-c3ccccc3)cc(-c3ccccc3)c2)n1)c1ccccc1)n1c2ccccc2c2ccc3oc4ccccc4c3c21. The van der Waals surface area contributed by atoms with E-state index in [1.54, 1.807) is 0 Å². The Balaban J connectivity index is 1.18. The fraction of sp³-hybridized carbons (Fsp3) is 0.0484. The number of hydrogen-bond acceptors (Lipinski definition) is 4. The van der Waals surface area contributed by atoms with Gasteiger partial charge in [0.05, 0.1) is 22.0 Å². The Morgan fingerprint density at radius 3 is 1.73 bits per heavy atom. The first-order chi connectivity index (χ1) is 33.0. The number of aromatic nitrogens is 4. The third-order valence-corrected chi connectivity index (χ3v) is 12.8. The normalized spacial score (nSPS) is 13.2. The predicted molar refractivity (Wildman–Crippen MR) is 279 cm³/mol. The number of nitrogens with zero attached hydrogens (tertiary/aromatic N) is 4. The monoisotopic (exact) mass is 862 g/mol. The molecule has 3 heterocycles. The first-order valence-corrected chi connectivity index (χ1v) is 22.7. The third-order valence-electron chi connectivity index (χ3n) is 12.8. The van der Waals surface area contributed by atoms with Gasteiger partial charge in [-0.2, -0.15) is 0 Å². The van der Waals surface area contributed by atoms with Crippen LogP contribution < -0.4 is 0 Å². The number of fused-ring (bicyclic) bond motifs is 7. The topological polar surface area (TPSA) is 56.7 Å². The lowest BCUT2D eigenvalue weighted by molar-refractivity contribution is 0.570. The third kappa shape index (κ3) is 7.47. The number of hydrogen-bond donors (Lipinski definition) is 0. The van der Waals surface area contributed by atoms with Gasteiger partial charge in [0.1, 0.15) is 11.2 Å². The average Bonchev–Trinajstić information content (AvgIpc) is 3.95. The Morgan fingerprint density at radius 1 is 0.537 bits per heavy atom. The molecule has 11 rings (SSSR count). The summed E-state index contributed by atoms with van der Waals surface area (Å²) in [6, 6.07) is 69.7. The van der Waals surface area contributed by atoms with Crippen molar-refractivity contribution in [2.45, 2.75) is 19.4 Å². The van der Waals surface area contributed by atoms with Crippen LogP contribution in [0.1, 0.15) is 25.2 Å². The Morgan fingerprint density at radius 2 is 1.09 bits per heavy atom. The van der Waals surface area contributed by atoms with E-state index in [0.717, 1.165) is 93.8 Å². The van der Waals surface area contributed by atoms with Gasteiger partial charge < -0.3 is 8.98 Å². The van der Waals surface area contributed by atoms with Crippen LogP contribution in [0.15, 0.2) is 242 Å². The van der Waals surface area contributed by atoms with Gasteiger partial charge in [0.15, 0.2) is 17.5 Å². The second-order valence-corrected chi connectivity index (χ2v) is 16.9. The van der Waals surface area contributed by atoms with Crippen LogP contribution >= 0.6 is 0 Å². The molecule has 1 unspecified atom stereocenters. The molecule has 0 saturated carbocycles. The molecule has 0 fully saturated rings. The number of allylic oxidation sites excluding steroid dienone is 7. The Bertz CT molecular complexity index is 3660. The quantitative estimate of drug-likeness (QED) is 0.122. The molecule has 67 heavy (non-hydrogen) atoms. The molecule has 0 aliphatic carbocycles. The molecule has 0 aliphatic rings. The highest BCUT2D eigenvalue weighted by molar-refractivity contribution is 6.24. The zero-order valence-corrected chi connectivity index (χ0v) is 37.3. The van der Waals surface area contributed by atoms with E-state index in [0.29, 0.717) is 17.5 Å². The maximum Gasteiger partial charge on any atom is 0.164 e. The van der Waals surface area contributed by atoms with Gasteiger partial charge in [0.2, 0.25) is 0 Å². The summed E-state index contributed by atoms with van der Waals surface area (Å²) in [5.74, 6) is 1.73. The fourth-order valence-electron chi connectivity index (χ4n) is 9.56. The van der Waals surface area contributed by atoms with Crippen LogP contribution in [0, 0.1) is 0 Å². The largest absolute Gasteiger partial charge is 0.456 e. The molecule has 0 amide bonds. The van der Waals surface area contributed by atoms with Crippen molar-refractivity contribution in [3.8, 4) is 45.0 Å². The van der Waals surface area contributed by atoms with Crippen LogP contribution in [0.25, 0.3) is 99.9 Å². The van der Waals surface area contributed by atoms with Gasteiger partial charge in [0.25, 0.3) is 0 Å². The highest BCUT2D eigenvalue weighted by Gasteiger charge is 2.34. The molecule has 8 aromatic carbocycles. The second kappa shape index (κ2) is 17.4. The van der Waals surface area contributed by atoms with Gasteiger partial charge in [-0.1, -0.05) is 189 Å². The van der Waals surface area contributed by atoms with E-state index < -0.39 is 5.54 Å². The molecule has 0 radical (unpaired) electrons. The van der Waals surface area contributed by atoms with E-state index in [2.05, 4.69) is 207 Å². The van der Waals surface area contributed by atoms with E-state index >= 15 is 0 Å². The smallest absolute Gasteiger partial charge is 0.164 e. The highest BCUT2D eigenvalue weighted by atomic mass is 16.3. The van der Waals surface area contributed by atoms with Crippen LogP contribution in [0.2, 0.25) is 0 Å². The summed E-state index contributed by atoms with van der Waals surface area (Å²) in [4.78, 5) is 15.9. The molecular formula is C62H46N4O. The summed E-state index contributed by atoms with van der Waals surface area (Å²) < 4.78 is 9.05. The molecule has 0 spiro atoms. The average molecular weight is 863 g/mol. The molecule has 5 nitrogen and oxygen atoms in total. The molecule has 0 saturated heterocycles. The molecule has 3 aromatic heterocycles. The van der Waals surface area contributed by atoms with E-state index in [1.165, 1.54) is 0 Å². The van der Waals surface area contributed by atoms with E-state index in [4.69, 9.17) is 19.4 Å². The summed E-state index contributed by atoms with van der Waals surface area (Å²) in [6.45, 7) is 8.52. The minimum Gasteiger partial charge on any atom is -0.456 e. The molecular weight excluding hydrogens is 817 g/mol. The second-order valence-electron chi connectivity index (χ2n) is 16.9. The van der Waals surface area contributed by atoms with Crippen molar-refractivity contribution in [1.82, 2.24) is 19.5 Å². The fourth-order valence-corrected chi connectivity index (χ4v) is 9.56. The van der Waals surface area contributed by atoms with Gasteiger partial charge in [-0.15, -0.1) is 0 Å². The summed E-state index contributed by atoms with van der Waals surface area (Å²) in [5.41, 5.74) is 12.2. The van der Waals surface area contributed by atoms with Crippen molar-refractivity contribution in [3.05, 3.63) is 249 Å². The van der Waals surface area contributed by atoms with Gasteiger partial charge in [-0.3, -0.25) is 0 Å². The van der Waals surface area contributed by atoms with Gasteiger partial charge in [-0.05, 0) is 95.8 Å². The zero-order valence-electron chi connectivity index (χ0n) is 37.3. The Kier molecular flexibility index (Phi) is 10.6. The lowest BCUT2D eigenvalue weighted by Gasteiger charge is -2.34. The molecule has 11 aromatic rings. The maximum absolute atomic E-state index is 6.56. The van der Waals surface area contributed by atoms with E-state index in [1.807, 2.05) is 48.5 Å². The number of rotatable bonds is 11. The van der Waals surface area contributed by atoms with Crippen LogP contribution in [0.3, 0.4) is 0 Å². The van der Waals surface area contributed by atoms with E-state index in [9.17, 15) is 0 Å². The highest BCUT2D eigenvalue weighted by Crippen LogP contribution is 2.47. The van der Waals surface area contributed by atoms with Crippen molar-refractivity contribution in [2.75, 3.05) is 0 Å². The van der Waals surface area contributed by atoms with Gasteiger partial charge >= 0.3 is 0 Å². The summed E-state index contributed by atoms with van der Waals surface area (Å²) in [6.07, 6.45) is 10.5. The van der Waals surface area contributed by atoms with Crippen LogP contribution in [-0.4, -0.2) is 19.5 Å². The minimum absolute atomic E-state index is 0.562. The maximum atomic E-state index is 6.56. The lowest BCUT2D eigenvalue weighted by Crippen LogP contribution is -2.29. The van der Waals surface area contributed by atoms with Crippen molar-refractivity contribution in [3.63, 3.8) is 0 Å². The van der Waals surface area contributed by atoms with Crippen molar-refractivity contribution < 1.29 is 4.42 Å². The molecule has 320 valence electrons. The number of benzene rings is 8. The summed E-state index contributed by atoms with van der Waals surface area (Å²) in [7, 11) is 0. The van der Waals surface area contributed by atoms with Crippen molar-refractivity contribution in [1.29, 1.82) is 0 Å². The molecule has 0 bridgehead atoms. The van der Waals surface area contributed by atoms with Crippen molar-refractivity contribution in [2.24, 2.45) is 0 Å².